The molecule has 1 heterocycles. The molecule has 0 aliphatic heterocycles. The summed E-state index contributed by atoms with van der Waals surface area (Å²) >= 11 is 0. The monoisotopic (exact) mass is 193 g/mol. The van der Waals surface area contributed by atoms with E-state index in [2.05, 4.69) is 21.2 Å². The van der Waals surface area contributed by atoms with Crippen molar-refractivity contribution in [1.29, 1.82) is 0 Å². The molecule has 0 aromatic carbocycles. The van der Waals surface area contributed by atoms with Crippen LogP contribution in [0.15, 0.2) is 6.20 Å². The molecule has 0 fully saturated rings. The van der Waals surface area contributed by atoms with Gasteiger partial charge in [0.15, 0.2) is 0 Å². The molecule has 14 heavy (non-hydrogen) atoms. The summed E-state index contributed by atoms with van der Waals surface area (Å²) in [6.07, 6.45) is 6.01. The second-order valence-corrected chi connectivity index (χ2v) is 2.28. The first-order valence-electron chi connectivity index (χ1n) is 3.59. The Balaban J connectivity index is 2.90. The number of anilines is 2. The number of hydrogen-bond acceptors (Lipinski definition) is 6. The minimum absolute atomic E-state index is 0.172. The Kier molecular flexibility index (Phi) is 2.81. The van der Waals surface area contributed by atoms with Crippen LogP contribution in [0.3, 0.4) is 0 Å². The maximum absolute atomic E-state index is 10.3. The number of nitrogens with one attached hydrogen (secondary N) is 1. The molecule has 0 aliphatic carbocycles. The highest BCUT2D eigenvalue weighted by Crippen LogP contribution is 2.17. The highest BCUT2D eigenvalue weighted by Gasteiger charge is 2.13. The van der Waals surface area contributed by atoms with Crippen molar-refractivity contribution >= 4 is 17.5 Å². The van der Waals surface area contributed by atoms with Gasteiger partial charge in [-0.05, 0) is 0 Å². The van der Waals surface area contributed by atoms with E-state index in [-0.39, 0.29) is 24.0 Å². The molecule has 0 amide bonds. The van der Waals surface area contributed by atoms with Crippen LogP contribution in [0.4, 0.5) is 17.5 Å². The summed E-state index contributed by atoms with van der Waals surface area (Å²) in [7, 11) is 0. The Morgan fingerprint density at radius 2 is 2.50 bits per heavy atom. The van der Waals surface area contributed by atoms with E-state index in [9.17, 15) is 10.1 Å². The molecule has 0 unspecified atom stereocenters. The zero-order valence-electron chi connectivity index (χ0n) is 7.10. The third-order valence-electron chi connectivity index (χ3n) is 1.34. The molecular weight excluding hydrogens is 186 g/mol. The van der Waals surface area contributed by atoms with Crippen LogP contribution < -0.4 is 11.1 Å². The normalized spacial score (nSPS) is 9.07. The second-order valence-electron chi connectivity index (χ2n) is 2.28. The molecule has 7 heteroatoms. The Labute approximate surface area is 79.5 Å². The highest BCUT2D eigenvalue weighted by atomic mass is 16.6. The van der Waals surface area contributed by atoms with Crippen molar-refractivity contribution in [2.75, 3.05) is 17.6 Å². The average Bonchev–Trinajstić information content (AvgIpc) is 2.14. The Morgan fingerprint density at radius 1 is 1.79 bits per heavy atom. The first-order chi connectivity index (χ1) is 6.65. The smallest absolute Gasteiger partial charge is 0.329 e. The molecule has 72 valence electrons. The lowest BCUT2D eigenvalue weighted by Crippen LogP contribution is -2.06. The van der Waals surface area contributed by atoms with Crippen molar-refractivity contribution in [2.24, 2.45) is 0 Å². The predicted molar refractivity (Wildman–Crippen MR) is 50.4 cm³/mol. The topological polar surface area (TPSA) is 107 Å². The summed E-state index contributed by atoms with van der Waals surface area (Å²) in [4.78, 5) is 17.0. The van der Waals surface area contributed by atoms with E-state index >= 15 is 0 Å². The number of rotatable bonds is 3. The second kappa shape index (κ2) is 4.04. The van der Waals surface area contributed by atoms with Crippen molar-refractivity contribution in [3.05, 3.63) is 16.3 Å². The predicted octanol–water partition coefficient (Wildman–Crippen LogP) is 0.0121. The molecule has 0 bridgehead atoms. The Morgan fingerprint density at radius 3 is 3.00 bits per heavy atom. The minimum atomic E-state index is -0.652. The molecule has 1 rings (SSSR count). The maximum Gasteiger partial charge on any atom is 0.329 e. The molecule has 7 nitrogen and oxygen atoms in total. The third-order valence-corrected chi connectivity index (χ3v) is 1.34. The quantitative estimate of drug-likeness (QED) is 0.398. The largest absolute Gasteiger partial charge is 0.378 e. The number of nitrogens with two attached hydrogens (primary N) is 1. The Hall–Kier alpha value is -2.36. The van der Waals surface area contributed by atoms with Crippen LogP contribution in [0.2, 0.25) is 0 Å². The zero-order valence-corrected chi connectivity index (χ0v) is 7.10. The highest BCUT2D eigenvalue weighted by molar-refractivity contribution is 5.53. The number of nitro groups is 1. The van der Waals surface area contributed by atoms with Crippen LogP contribution >= 0.6 is 0 Å². The first-order valence-corrected chi connectivity index (χ1v) is 3.59. The number of aromatic nitrogens is 2. The van der Waals surface area contributed by atoms with Gasteiger partial charge in [-0.15, -0.1) is 6.42 Å². The molecular formula is C7H7N5O2. The van der Waals surface area contributed by atoms with Crippen LogP contribution in [-0.4, -0.2) is 21.4 Å². The summed E-state index contributed by atoms with van der Waals surface area (Å²) in [6.45, 7) is 0.233. The van der Waals surface area contributed by atoms with Crippen LogP contribution in [0.5, 0.6) is 0 Å². The van der Waals surface area contributed by atoms with E-state index < -0.39 is 4.92 Å². The van der Waals surface area contributed by atoms with Gasteiger partial charge in [-0.3, -0.25) is 10.1 Å². The Bertz CT molecular complexity index is 398. The van der Waals surface area contributed by atoms with E-state index in [4.69, 9.17) is 12.2 Å². The van der Waals surface area contributed by atoms with Crippen molar-refractivity contribution < 1.29 is 4.92 Å². The van der Waals surface area contributed by atoms with Gasteiger partial charge in [0.25, 0.3) is 0 Å². The molecule has 0 aliphatic rings. The lowest BCUT2D eigenvalue weighted by molar-refractivity contribution is -0.384. The van der Waals surface area contributed by atoms with Crippen molar-refractivity contribution in [2.45, 2.75) is 0 Å². The summed E-state index contributed by atoms with van der Waals surface area (Å²) in [5.74, 6) is 2.29. The van der Waals surface area contributed by atoms with Crippen LogP contribution in [-0.2, 0) is 0 Å². The van der Waals surface area contributed by atoms with Gasteiger partial charge in [-0.1, -0.05) is 5.92 Å². The minimum Gasteiger partial charge on any atom is -0.378 e. The summed E-state index contributed by atoms with van der Waals surface area (Å²) in [5, 5.41) is 13.0. The van der Waals surface area contributed by atoms with Crippen molar-refractivity contribution in [1.82, 2.24) is 9.97 Å². The van der Waals surface area contributed by atoms with Crippen molar-refractivity contribution in [3.63, 3.8) is 0 Å². The lowest BCUT2D eigenvalue weighted by Gasteiger charge is -2.00. The van der Waals surface area contributed by atoms with E-state index in [1.165, 1.54) is 0 Å². The fourth-order valence-electron chi connectivity index (χ4n) is 0.745. The summed E-state index contributed by atoms with van der Waals surface area (Å²) < 4.78 is 0. The van der Waals surface area contributed by atoms with Gasteiger partial charge in [0, 0.05) is 0 Å². The maximum atomic E-state index is 10.3. The van der Waals surface area contributed by atoms with Gasteiger partial charge in [0.1, 0.15) is 6.20 Å². The zero-order chi connectivity index (χ0) is 10.6. The van der Waals surface area contributed by atoms with Gasteiger partial charge < -0.3 is 11.1 Å². The number of terminal acetylenes is 1. The SMILES string of the molecule is C#CCNc1ncc([N+](=O)[O-])c(N)n1. The molecule has 0 radical (unpaired) electrons. The molecule has 0 saturated heterocycles. The molecule has 3 N–H and O–H groups in total. The molecule has 1 aromatic heterocycles. The van der Waals surface area contributed by atoms with Crippen LogP contribution in [0, 0.1) is 22.5 Å². The third kappa shape index (κ3) is 2.07. The molecule has 1 aromatic rings. The standard InChI is InChI=1S/C7H7N5O2/c1-2-3-9-7-10-4-5(12(13)14)6(8)11-7/h1,4H,3H2,(H3,8,9,10,11). The molecule has 0 spiro atoms. The molecule has 0 saturated carbocycles. The van der Waals surface area contributed by atoms with E-state index in [0.717, 1.165) is 6.20 Å². The van der Waals surface area contributed by atoms with Gasteiger partial charge in [-0.2, -0.15) is 4.98 Å². The van der Waals surface area contributed by atoms with E-state index in [0.29, 0.717) is 0 Å². The lowest BCUT2D eigenvalue weighted by atomic mass is 10.5. The van der Waals surface area contributed by atoms with Gasteiger partial charge in [-0.25, -0.2) is 4.98 Å². The number of hydrogen-bond donors (Lipinski definition) is 2. The van der Waals surface area contributed by atoms with Gasteiger partial charge in [0.2, 0.25) is 11.8 Å². The van der Waals surface area contributed by atoms with Crippen LogP contribution in [0.25, 0.3) is 0 Å². The molecule has 0 atom stereocenters. The summed E-state index contributed by atoms with van der Waals surface area (Å²) in [5.41, 5.74) is 4.99. The van der Waals surface area contributed by atoms with Gasteiger partial charge >= 0.3 is 5.69 Å². The summed E-state index contributed by atoms with van der Waals surface area (Å²) in [6, 6.07) is 0. The van der Waals surface area contributed by atoms with Gasteiger partial charge in [0.05, 0.1) is 11.5 Å². The van der Waals surface area contributed by atoms with E-state index in [1.807, 2.05) is 0 Å². The fourth-order valence-corrected chi connectivity index (χ4v) is 0.745. The van der Waals surface area contributed by atoms with Crippen LogP contribution in [0.1, 0.15) is 0 Å². The average molecular weight is 193 g/mol. The van der Waals surface area contributed by atoms with Crippen molar-refractivity contribution in [3.8, 4) is 12.3 Å². The van der Waals surface area contributed by atoms with E-state index in [1.54, 1.807) is 0 Å². The fraction of sp³-hybridized carbons (Fsp3) is 0.143. The first kappa shape index (κ1) is 9.73. The number of nitrogen functional groups attached to an aromatic ring is 1. The number of nitrogens with zero attached hydrogens (tertiary/aromatic N) is 3.